The Bertz CT molecular complexity index is 414. The molecule has 1 amide bonds. The van der Waals surface area contributed by atoms with Crippen molar-refractivity contribution in [3.8, 4) is 0 Å². The SMILES string of the molecule is CNC1CCC(NC(=O)c2ccccc2Cl)CC1. The van der Waals surface area contributed by atoms with E-state index < -0.39 is 0 Å². The Morgan fingerprint density at radius 2 is 1.78 bits per heavy atom. The number of nitrogens with one attached hydrogen (secondary N) is 2. The standard InChI is InChI=1S/C14H19ClN2O/c1-16-10-6-8-11(9-7-10)17-14(18)12-4-2-3-5-13(12)15/h2-5,10-11,16H,6-9H2,1H3,(H,17,18). The fourth-order valence-electron chi connectivity index (χ4n) is 2.43. The number of rotatable bonds is 3. The average molecular weight is 267 g/mol. The number of halogens is 1. The maximum atomic E-state index is 12.1. The van der Waals surface area contributed by atoms with Crippen LogP contribution in [0.5, 0.6) is 0 Å². The zero-order valence-electron chi connectivity index (χ0n) is 10.6. The largest absolute Gasteiger partial charge is 0.349 e. The molecule has 2 N–H and O–H groups in total. The highest BCUT2D eigenvalue weighted by molar-refractivity contribution is 6.33. The molecule has 1 aromatic rings. The van der Waals surface area contributed by atoms with E-state index in [1.165, 1.54) is 0 Å². The fourth-order valence-corrected chi connectivity index (χ4v) is 2.66. The number of carbonyl (C=O) groups is 1. The molecule has 0 bridgehead atoms. The normalized spacial score (nSPS) is 23.7. The van der Waals surface area contributed by atoms with E-state index in [0.717, 1.165) is 25.7 Å². The quantitative estimate of drug-likeness (QED) is 0.883. The monoisotopic (exact) mass is 266 g/mol. The third-order valence-corrected chi connectivity index (χ3v) is 3.92. The van der Waals surface area contributed by atoms with Gasteiger partial charge in [0.2, 0.25) is 0 Å². The van der Waals surface area contributed by atoms with Crippen molar-refractivity contribution in [1.29, 1.82) is 0 Å². The van der Waals surface area contributed by atoms with Crippen molar-refractivity contribution in [2.75, 3.05) is 7.05 Å². The topological polar surface area (TPSA) is 41.1 Å². The highest BCUT2D eigenvalue weighted by Gasteiger charge is 2.22. The van der Waals surface area contributed by atoms with Crippen LogP contribution in [0.3, 0.4) is 0 Å². The van der Waals surface area contributed by atoms with Gasteiger partial charge in [0, 0.05) is 12.1 Å². The van der Waals surface area contributed by atoms with Gasteiger partial charge in [-0.25, -0.2) is 0 Å². The summed E-state index contributed by atoms with van der Waals surface area (Å²) < 4.78 is 0. The maximum Gasteiger partial charge on any atom is 0.253 e. The summed E-state index contributed by atoms with van der Waals surface area (Å²) in [5, 5.41) is 6.87. The van der Waals surface area contributed by atoms with Crippen LogP contribution >= 0.6 is 11.6 Å². The molecular weight excluding hydrogens is 248 g/mol. The van der Waals surface area contributed by atoms with Gasteiger partial charge in [-0.05, 0) is 44.9 Å². The van der Waals surface area contributed by atoms with E-state index in [1.54, 1.807) is 12.1 Å². The molecule has 0 spiro atoms. The first kappa shape index (κ1) is 13.4. The molecule has 0 aliphatic heterocycles. The molecule has 4 heteroatoms. The molecule has 0 radical (unpaired) electrons. The van der Waals surface area contributed by atoms with Crippen LogP contribution in [0, 0.1) is 0 Å². The minimum absolute atomic E-state index is 0.0616. The van der Waals surface area contributed by atoms with Crippen LogP contribution < -0.4 is 10.6 Å². The van der Waals surface area contributed by atoms with Crippen LogP contribution in [0.4, 0.5) is 0 Å². The van der Waals surface area contributed by atoms with Gasteiger partial charge >= 0.3 is 0 Å². The van der Waals surface area contributed by atoms with Crippen LogP contribution in [-0.2, 0) is 0 Å². The Morgan fingerprint density at radius 1 is 1.17 bits per heavy atom. The molecule has 2 rings (SSSR count). The summed E-state index contributed by atoms with van der Waals surface area (Å²) in [4.78, 5) is 12.1. The van der Waals surface area contributed by atoms with Crippen molar-refractivity contribution in [1.82, 2.24) is 10.6 Å². The average Bonchev–Trinajstić information content (AvgIpc) is 2.40. The van der Waals surface area contributed by atoms with Gasteiger partial charge in [-0.15, -0.1) is 0 Å². The number of carbonyl (C=O) groups excluding carboxylic acids is 1. The number of amides is 1. The van der Waals surface area contributed by atoms with Crippen molar-refractivity contribution in [2.45, 2.75) is 37.8 Å². The number of hydrogen-bond acceptors (Lipinski definition) is 2. The third-order valence-electron chi connectivity index (χ3n) is 3.59. The maximum absolute atomic E-state index is 12.1. The first-order chi connectivity index (χ1) is 8.70. The summed E-state index contributed by atoms with van der Waals surface area (Å²) in [7, 11) is 1.99. The lowest BCUT2D eigenvalue weighted by molar-refractivity contribution is 0.0925. The third kappa shape index (κ3) is 3.24. The van der Waals surface area contributed by atoms with Crippen molar-refractivity contribution >= 4 is 17.5 Å². The molecule has 0 heterocycles. The Labute approximate surface area is 113 Å². The van der Waals surface area contributed by atoms with Crippen LogP contribution in [0.25, 0.3) is 0 Å². The lowest BCUT2D eigenvalue weighted by Gasteiger charge is -2.28. The zero-order chi connectivity index (χ0) is 13.0. The molecule has 18 heavy (non-hydrogen) atoms. The minimum Gasteiger partial charge on any atom is -0.349 e. The van der Waals surface area contributed by atoms with E-state index in [-0.39, 0.29) is 11.9 Å². The summed E-state index contributed by atoms with van der Waals surface area (Å²) in [6, 6.07) is 8.04. The smallest absolute Gasteiger partial charge is 0.253 e. The summed E-state index contributed by atoms with van der Waals surface area (Å²) in [5.41, 5.74) is 0.565. The molecular formula is C14H19ClN2O. The van der Waals surface area contributed by atoms with E-state index in [1.807, 2.05) is 19.2 Å². The highest BCUT2D eigenvalue weighted by atomic mass is 35.5. The second-order valence-electron chi connectivity index (χ2n) is 4.79. The fraction of sp³-hybridized carbons (Fsp3) is 0.500. The van der Waals surface area contributed by atoms with Crippen LogP contribution in [0.2, 0.25) is 5.02 Å². The van der Waals surface area contributed by atoms with Gasteiger partial charge in [0.25, 0.3) is 5.91 Å². The van der Waals surface area contributed by atoms with E-state index in [4.69, 9.17) is 11.6 Å². The van der Waals surface area contributed by atoms with Gasteiger partial charge in [0.15, 0.2) is 0 Å². The van der Waals surface area contributed by atoms with E-state index >= 15 is 0 Å². The Balaban J connectivity index is 1.91. The zero-order valence-corrected chi connectivity index (χ0v) is 11.3. The first-order valence-corrected chi connectivity index (χ1v) is 6.81. The summed E-state index contributed by atoms with van der Waals surface area (Å²) in [6.07, 6.45) is 4.29. The predicted molar refractivity (Wildman–Crippen MR) is 74.0 cm³/mol. The van der Waals surface area contributed by atoms with Crippen molar-refractivity contribution < 1.29 is 4.79 Å². The Morgan fingerprint density at radius 3 is 2.39 bits per heavy atom. The lowest BCUT2D eigenvalue weighted by atomic mass is 9.91. The Hall–Kier alpha value is -1.06. The van der Waals surface area contributed by atoms with E-state index in [9.17, 15) is 4.79 Å². The lowest BCUT2D eigenvalue weighted by Crippen LogP contribution is -2.41. The molecule has 0 unspecified atom stereocenters. The minimum atomic E-state index is -0.0616. The highest BCUT2D eigenvalue weighted by Crippen LogP contribution is 2.20. The van der Waals surface area contributed by atoms with Gasteiger partial charge < -0.3 is 10.6 Å². The summed E-state index contributed by atoms with van der Waals surface area (Å²) >= 11 is 6.01. The Kier molecular flexibility index (Phi) is 4.61. The number of hydrogen-bond donors (Lipinski definition) is 2. The molecule has 1 aliphatic carbocycles. The molecule has 1 saturated carbocycles. The van der Waals surface area contributed by atoms with Crippen LogP contribution in [0.15, 0.2) is 24.3 Å². The van der Waals surface area contributed by atoms with E-state index in [0.29, 0.717) is 16.6 Å². The molecule has 1 aliphatic rings. The molecule has 0 aromatic heterocycles. The second-order valence-corrected chi connectivity index (χ2v) is 5.20. The van der Waals surface area contributed by atoms with Gasteiger partial charge in [-0.3, -0.25) is 4.79 Å². The molecule has 1 aromatic carbocycles. The second kappa shape index (κ2) is 6.21. The van der Waals surface area contributed by atoms with Crippen molar-refractivity contribution in [3.63, 3.8) is 0 Å². The molecule has 98 valence electrons. The number of benzene rings is 1. The first-order valence-electron chi connectivity index (χ1n) is 6.43. The van der Waals surface area contributed by atoms with Gasteiger partial charge in [-0.2, -0.15) is 0 Å². The molecule has 3 nitrogen and oxygen atoms in total. The van der Waals surface area contributed by atoms with E-state index in [2.05, 4.69) is 10.6 Å². The molecule has 1 fully saturated rings. The van der Waals surface area contributed by atoms with Gasteiger partial charge in [-0.1, -0.05) is 23.7 Å². The van der Waals surface area contributed by atoms with Gasteiger partial charge in [0.05, 0.1) is 10.6 Å². The van der Waals surface area contributed by atoms with Crippen LogP contribution in [0.1, 0.15) is 36.0 Å². The van der Waals surface area contributed by atoms with Gasteiger partial charge in [0.1, 0.15) is 0 Å². The molecule has 0 atom stereocenters. The molecule has 0 saturated heterocycles. The van der Waals surface area contributed by atoms with Crippen molar-refractivity contribution in [2.24, 2.45) is 0 Å². The summed E-state index contributed by atoms with van der Waals surface area (Å²) in [5.74, 6) is -0.0616. The van der Waals surface area contributed by atoms with Crippen molar-refractivity contribution in [3.05, 3.63) is 34.9 Å². The van der Waals surface area contributed by atoms with Crippen LogP contribution in [-0.4, -0.2) is 25.0 Å². The summed E-state index contributed by atoms with van der Waals surface area (Å²) in [6.45, 7) is 0. The predicted octanol–water partition coefficient (Wildman–Crippen LogP) is 2.60.